The number of ether oxygens (including phenoxy) is 1. The summed E-state index contributed by atoms with van der Waals surface area (Å²) in [6.07, 6.45) is 7.25. The van der Waals surface area contributed by atoms with Crippen LogP contribution in [0.25, 0.3) is 0 Å². The lowest BCUT2D eigenvalue weighted by atomic mass is 9.90. The van der Waals surface area contributed by atoms with Crippen LogP contribution in [-0.2, 0) is 10.0 Å². The van der Waals surface area contributed by atoms with Crippen LogP contribution >= 0.6 is 0 Å². The van der Waals surface area contributed by atoms with E-state index in [-0.39, 0.29) is 12.0 Å². The van der Waals surface area contributed by atoms with E-state index in [2.05, 4.69) is 4.98 Å². The Morgan fingerprint density at radius 2 is 2.33 bits per heavy atom. The fourth-order valence-corrected chi connectivity index (χ4v) is 3.82. The molecule has 6 nitrogen and oxygen atoms in total. The third kappa shape index (κ3) is 4.15. The van der Waals surface area contributed by atoms with E-state index < -0.39 is 10.0 Å². The predicted molar refractivity (Wildman–Crippen MR) is 81.5 cm³/mol. The van der Waals surface area contributed by atoms with Crippen LogP contribution in [0.1, 0.15) is 30.9 Å². The molecule has 7 heteroatoms. The molecule has 2 heterocycles. The number of hydrogen-bond donors (Lipinski definition) is 1. The van der Waals surface area contributed by atoms with Gasteiger partial charge >= 0.3 is 0 Å². The van der Waals surface area contributed by atoms with Crippen molar-refractivity contribution >= 4 is 10.0 Å². The largest absolute Gasteiger partial charge is 0.495 e. The smallest absolute Gasteiger partial charge is 0.211 e. The van der Waals surface area contributed by atoms with Crippen molar-refractivity contribution in [1.29, 1.82) is 0 Å². The molecule has 0 radical (unpaired) electrons. The molecule has 2 rings (SSSR count). The first-order valence-electron chi connectivity index (χ1n) is 7.10. The van der Waals surface area contributed by atoms with Gasteiger partial charge in [-0.3, -0.25) is 4.98 Å². The van der Waals surface area contributed by atoms with E-state index in [9.17, 15) is 8.42 Å². The third-order valence-corrected chi connectivity index (χ3v) is 5.24. The molecule has 2 atom stereocenters. The molecule has 21 heavy (non-hydrogen) atoms. The lowest BCUT2D eigenvalue weighted by molar-refractivity contribution is 0.246. The van der Waals surface area contributed by atoms with Crippen LogP contribution in [0.3, 0.4) is 0 Å². The summed E-state index contributed by atoms with van der Waals surface area (Å²) in [5, 5.41) is 0. The first-order chi connectivity index (χ1) is 9.91. The van der Waals surface area contributed by atoms with Gasteiger partial charge in [0.2, 0.25) is 10.0 Å². The van der Waals surface area contributed by atoms with Gasteiger partial charge in [-0.2, -0.15) is 0 Å². The molecule has 1 aliphatic rings. The predicted octanol–water partition coefficient (Wildman–Crippen LogP) is 1.15. The average Bonchev–Trinajstić information content (AvgIpc) is 2.46. The maximum Gasteiger partial charge on any atom is 0.211 e. The minimum Gasteiger partial charge on any atom is -0.495 e. The van der Waals surface area contributed by atoms with Crippen molar-refractivity contribution in [2.75, 3.05) is 26.5 Å². The fourth-order valence-electron chi connectivity index (χ4n) is 2.87. The topological polar surface area (TPSA) is 85.5 Å². The molecule has 0 aliphatic carbocycles. The zero-order chi connectivity index (χ0) is 15.5. The molecule has 0 amide bonds. The van der Waals surface area contributed by atoms with Crippen molar-refractivity contribution in [1.82, 2.24) is 9.29 Å². The average molecular weight is 313 g/mol. The number of aromatic nitrogens is 1. The number of hydrogen-bond acceptors (Lipinski definition) is 5. The Kier molecular flexibility index (Phi) is 5.18. The second kappa shape index (κ2) is 6.72. The van der Waals surface area contributed by atoms with Gasteiger partial charge in [0.1, 0.15) is 5.75 Å². The van der Waals surface area contributed by atoms with E-state index in [4.69, 9.17) is 10.5 Å². The van der Waals surface area contributed by atoms with E-state index in [1.165, 1.54) is 6.26 Å². The molecule has 0 aromatic carbocycles. The Morgan fingerprint density at radius 1 is 1.57 bits per heavy atom. The highest BCUT2D eigenvalue weighted by Gasteiger charge is 2.27. The van der Waals surface area contributed by atoms with Gasteiger partial charge in [-0.1, -0.05) is 0 Å². The van der Waals surface area contributed by atoms with Crippen LogP contribution in [0.2, 0.25) is 0 Å². The Balaban J connectivity index is 2.04. The molecule has 0 bridgehead atoms. The van der Waals surface area contributed by atoms with Crippen molar-refractivity contribution in [2.45, 2.75) is 25.3 Å². The van der Waals surface area contributed by atoms with Crippen LogP contribution in [0, 0.1) is 5.92 Å². The maximum atomic E-state index is 11.7. The van der Waals surface area contributed by atoms with Crippen molar-refractivity contribution in [2.24, 2.45) is 11.7 Å². The van der Waals surface area contributed by atoms with E-state index in [1.807, 2.05) is 6.07 Å². The zero-order valence-corrected chi connectivity index (χ0v) is 13.3. The standard InChI is InChI=1S/C14H23N3O3S/c1-20-14-9-16-6-5-12(14)13(15)8-11-4-3-7-17(10-11)21(2,18)19/h5-6,9,11,13H,3-4,7-8,10,15H2,1-2H3. The Bertz CT molecular complexity index is 577. The van der Waals surface area contributed by atoms with E-state index in [1.54, 1.807) is 23.8 Å². The molecule has 2 unspecified atom stereocenters. The highest BCUT2D eigenvalue weighted by atomic mass is 32.2. The number of rotatable bonds is 5. The van der Waals surface area contributed by atoms with Gasteiger partial charge in [-0.25, -0.2) is 12.7 Å². The summed E-state index contributed by atoms with van der Waals surface area (Å²) in [6.45, 7) is 1.17. The summed E-state index contributed by atoms with van der Waals surface area (Å²) in [7, 11) is -1.52. The molecule has 1 aromatic rings. The molecular weight excluding hydrogens is 290 g/mol. The van der Waals surface area contributed by atoms with Crippen LogP contribution < -0.4 is 10.5 Å². The summed E-state index contributed by atoms with van der Waals surface area (Å²) in [6, 6.07) is 1.69. The second-order valence-electron chi connectivity index (χ2n) is 5.59. The number of pyridine rings is 1. The summed E-state index contributed by atoms with van der Waals surface area (Å²) in [5.41, 5.74) is 7.20. The van der Waals surface area contributed by atoms with E-state index in [0.717, 1.165) is 24.8 Å². The lowest BCUT2D eigenvalue weighted by Crippen LogP contribution is -2.40. The molecule has 1 aliphatic heterocycles. The summed E-state index contributed by atoms with van der Waals surface area (Å²) >= 11 is 0. The molecule has 2 N–H and O–H groups in total. The summed E-state index contributed by atoms with van der Waals surface area (Å²) in [5.74, 6) is 0.960. The molecule has 1 saturated heterocycles. The minimum absolute atomic E-state index is 0.174. The second-order valence-corrected chi connectivity index (χ2v) is 7.57. The van der Waals surface area contributed by atoms with Crippen LogP contribution in [0.15, 0.2) is 18.5 Å². The number of piperidine rings is 1. The highest BCUT2D eigenvalue weighted by molar-refractivity contribution is 7.88. The quantitative estimate of drug-likeness (QED) is 0.881. The Morgan fingerprint density at radius 3 is 3.00 bits per heavy atom. The zero-order valence-electron chi connectivity index (χ0n) is 12.5. The maximum absolute atomic E-state index is 11.7. The molecule has 0 saturated carbocycles. The number of sulfonamides is 1. The van der Waals surface area contributed by atoms with E-state index >= 15 is 0 Å². The third-order valence-electron chi connectivity index (χ3n) is 3.97. The molecule has 118 valence electrons. The van der Waals surface area contributed by atoms with Gasteiger partial charge in [0.15, 0.2) is 0 Å². The molecule has 1 aromatic heterocycles. The van der Waals surface area contributed by atoms with Gasteiger partial charge < -0.3 is 10.5 Å². The fraction of sp³-hybridized carbons (Fsp3) is 0.643. The van der Waals surface area contributed by atoms with Crippen LogP contribution in [0.4, 0.5) is 0 Å². The minimum atomic E-state index is -3.11. The van der Waals surface area contributed by atoms with Crippen molar-refractivity contribution < 1.29 is 13.2 Å². The summed E-state index contributed by atoms with van der Waals surface area (Å²) in [4.78, 5) is 4.02. The monoisotopic (exact) mass is 313 g/mol. The lowest BCUT2D eigenvalue weighted by Gasteiger charge is -2.32. The normalized spacial score (nSPS) is 22.0. The van der Waals surface area contributed by atoms with Crippen LogP contribution in [0.5, 0.6) is 5.75 Å². The van der Waals surface area contributed by atoms with Crippen molar-refractivity contribution in [3.05, 3.63) is 24.0 Å². The van der Waals surface area contributed by atoms with Gasteiger partial charge in [0.25, 0.3) is 0 Å². The van der Waals surface area contributed by atoms with Gasteiger partial charge in [-0.15, -0.1) is 0 Å². The number of methoxy groups -OCH3 is 1. The van der Waals surface area contributed by atoms with Gasteiger partial charge in [-0.05, 0) is 31.2 Å². The number of nitrogens with zero attached hydrogens (tertiary/aromatic N) is 2. The Hall–Kier alpha value is -1.18. The molecule has 0 spiro atoms. The molecule has 1 fully saturated rings. The first kappa shape index (κ1) is 16.2. The van der Waals surface area contributed by atoms with Gasteiger partial charge in [0, 0.05) is 30.9 Å². The molecular formula is C14H23N3O3S. The SMILES string of the molecule is COc1cnccc1C(N)CC1CCCN(S(C)(=O)=O)C1. The van der Waals surface area contributed by atoms with Gasteiger partial charge in [0.05, 0.1) is 19.6 Å². The highest BCUT2D eigenvalue weighted by Crippen LogP contribution is 2.30. The van der Waals surface area contributed by atoms with E-state index in [0.29, 0.717) is 18.8 Å². The van der Waals surface area contributed by atoms with Crippen LogP contribution in [-0.4, -0.2) is 44.2 Å². The van der Waals surface area contributed by atoms with Crippen molar-refractivity contribution in [3.8, 4) is 5.75 Å². The first-order valence-corrected chi connectivity index (χ1v) is 8.95. The summed E-state index contributed by atoms with van der Waals surface area (Å²) < 4.78 is 30.1. The van der Waals surface area contributed by atoms with Crippen molar-refractivity contribution in [3.63, 3.8) is 0 Å². The Labute approximate surface area is 126 Å². The number of nitrogens with two attached hydrogens (primary N) is 1.